The molecule has 0 bridgehead atoms. The number of aliphatic carboxylic acids is 1. The largest absolute Gasteiger partial charge is 0.480 e. The van der Waals surface area contributed by atoms with E-state index in [1.165, 1.54) is 0 Å². The predicted molar refractivity (Wildman–Crippen MR) is 68.3 cm³/mol. The fourth-order valence-corrected chi connectivity index (χ4v) is 2.28. The molecule has 1 heterocycles. The molecule has 1 aromatic heterocycles. The second kappa shape index (κ2) is 6.68. The lowest BCUT2D eigenvalue weighted by Gasteiger charge is -2.21. The minimum absolute atomic E-state index is 0.0742. The van der Waals surface area contributed by atoms with Crippen LogP contribution in [0.2, 0.25) is 0 Å². The monoisotopic (exact) mass is 257 g/mol. The average Bonchev–Trinajstić information content (AvgIpc) is 2.59. The highest BCUT2D eigenvalue weighted by atomic mass is 32.1. The molecule has 0 amide bonds. The second-order valence-electron chi connectivity index (χ2n) is 4.25. The minimum atomic E-state index is -0.787. The zero-order valence-electron chi connectivity index (χ0n) is 10.5. The maximum atomic E-state index is 10.8. The van der Waals surface area contributed by atoms with Crippen molar-refractivity contribution in [3.8, 4) is 0 Å². The Kier molecular flexibility index (Phi) is 5.54. The zero-order valence-corrected chi connectivity index (χ0v) is 11.3. The number of carbonyl (C=O) groups is 1. The number of nitrogens with zero attached hydrogens (tertiary/aromatic N) is 3. The van der Waals surface area contributed by atoms with Crippen molar-refractivity contribution in [3.63, 3.8) is 0 Å². The molecule has 0 spiro atoms. The summed E-state index contributed by atoms with van der Waals surface area (Å²) in [7, 11) is 3.96. The van der Waals surface area contributed by atoms with Crippen LogP contribution in [-0.2, 0) is 11.3 Å². The molecule has 1 aromatic rings. The molecule has 0 fully saturated rings. The average molecular weight is 257 g/mol. The Morgan fingerprint density at radius 1 is 1.47 bits per heavy atom. The molecule has 0 unspecified atom stereocenters. The first-order valence-corrected chi connectivity index (χ1v) is 6.29. The van der Waals surface area contributed by atoms with E-state index < -0.39 is 5.97 Å². The summed E-state index contributed by atoms with van der Waals surface area (Å²) in [6.45, 7) is 4.28. The van der Waals surface area contributed by atoms with Crippen molar-refractivity contribution in [2.45, 2.75) is 13.5 Å². The minimum Gasteiger partial charge on any atom is -0.480 e. The van der Waals surface area contributed by atoms with Crippen LogP contribution >= 0.6 is 11.3 Å². The standard InChI is InChI=1S/C11H19N3O2S/c1-9-12-6-10(17-9)7-14(8-11(15)16)5-4-13(2)3/h6H,4-5,7-8H2,1-3H3,(H,15,16). The summed E-state index contributed by atoms with van der Waals surface area (Å²) in [4.78, 5) is 20.0. The van der Waals surface area contributed by atoms with Gasteiger partial charge in [0.25, 0.3) is 0 Å². The number of carboxylic acids is 1. The number of hydrogen-bond donors (Lipinski definition) is 1. The Balaban J connectivity index is 2.53. The molecule has 6 heteroatoms. The van der Waals surface area contributed by atoms with Crippen LogP contribution in [0.4, 0.5) is 0 Å². The van der Waals surface area contributed by atoms with Crippen molar-refractivity contribution in [1.82, 2.24) is 14.8 Å². The molecule has 0 radical (unpaired) electrons. The van der Waals surface area contributed by atoms with Gasteiger partial charge >= 0.3 is 5.97 Å². The lowest BCUT2D eigenvalue weighted by atomic mass is 10.4. The smallest absolute Gasteiger partial charge is 0.317 e. The van der Waals surface area contributed by atoms with Gasteiger partial charge in [-0.3, -0.25) is 9.69 Å². The maximum absolute atomic E-state index is 10.8. The van der Waals surface area contributed by atoms with Gasteiger partial charge in [-0.1, -0.05) is 0 Å². The van der Waals surface area contributed by atoms with Crippen LogP contribution in [0.1, 0.15) is 9.88 Å². The summed E-state index contributed by atoms with van der Waals surface area (Å²) in [6, 6.07) is 0. The number of aryl methyl sites for hydroxylation is 1. The Labute approximate surface area is 106 Å². The van der Waals surface area contributed by atoms with Crippen LogP contribution in [0, 0.1) is 6.92 Å². The van der Waals surface area contributed by atoms with E-state index in [0.29, 0.717) is 6.54 Å². The van der Waals surface area contributed by atoms with Gasteiger partial charge < -0.3 is 10.0 Å². The van der Waals surface area contributed by atoms with E-state index in [-0.39, 0.29) is 6.54 Å². The summed E-state index contributed by atoms with van der Waals surface area (Å²) in [6.07, 6.45) is 1.82. The molecule has 0 aliphatic heterocycles. The van der Waals surface area contributed by atoms with Crippen LogP contribution in [-0.4, -0.2) is 59.6 Å². The van der Waals surface area contributed by atoms with Crippen LogP contribution in [0.15, 0.2) is 6.20 Å². The van der Waals surface area contributed by atoms with Gasteiger partial charge in [-0.25, -0.2) is 4.98 Å². The maximum Gasteiger partial charge on any atom is 0.317 e. The SMILES string of the molecule is Cc1ncc(CN(CCN(C)C)CC(=O)O)s1. The van der Waals surface area contributed by atoms with E-state index in [1.807, 2.05) is 37.0 Å². The third-order valence-electron chi connectivity index (χ3n) is 2.27. The van der Waals surface area contributed by atoms with Gasteiger partial charge in [0.2, 0.25) is 0 Å². The van der Waals surface area contributed by atoms with Gasteiger partial charge in [-0.05, 0) is 21.0 Å². The summed E-state index contributed by atoms with van der Waals surface area (Å²) in [5.74, 6) is -0.787. The number of hydrogen-bond acceptors (Lipinski definition) is 5. The summed E-state index contributed by atoms with van der Waals surface area (Å²) >= 11 is 1.62. The van der Waals surface area contributed by atoms with E-state index in [0.717, 1.165) is 23.0 Å². The molecule has 0 aliphatic carbocycles. The van der Waals surface area contributed by atoms with E-state index in [1.54, 1.807) is 11.3 Å². The Bertz CT molecular complexity index is 365. The van der Waals surface area contributed by atoms with E-state index in [9.17, 15) is 4.79 Å². The number of rotatable bonds is 7. The fourth-order valence-electron chi connectivity index (χ4n) is 1.45. The van der Waals surface area contributed by atoms with Crippen LogP contribution in [0.5, 0.6) is 0 Å². The lowest BCUT2D eigenvalue weighted by molar-refractivity contribution is -0.138. The molecule has 0 aromatic carbocycles. The van der Waals surface area contributed by atoms with Crippen LogP contribution in [0.25, 0.3) is 0 Å². The molecule has 0 atom stereocenters. The molecular weight excluding hydrogens is 238 g/mol. The zero-order chi connectivity index (χ0) is 12.8. The Morgan fingerprint density at radius 3 is 2.65 bits per heavy atom. The molecule has 0 saturated heterocycles. The van der Waals surface area contributed by atoms with E-state index in [4.69, 9.17) is 5.11 Å². The van der Waals surface area contributed by atoms with Gasteiger partial charge in [0, 0.05) is 30.7 Å². The third-order valence-corrected chi connectivity index (χ3v) is 3.17. The highest BCUT2D eigenvalue weighted by Gasteiger charge is 2.11. The topological polar surface area (TPSA) is 56.7 Å². The van der Waals surface area contributed by atoms with Gasteiger partial charge in [-0.2, -0.15) is 0 Å². The Hall–Kier alpha value is -0.980. The first kappa shape index (κ1) is 14.1. The van der Waals surface area contributed by atoms with Crippen molar-refractivity contribution in [1.29, 1.82) is 0 Å². The first-order valence-electron chi connectivity index (χ1n) is 5.47. The van der Waals surface area contributed by atoms with Crippen molar-refractivity contribution in [2.75, 3.05) is 33.7 Å². The number of thiazole rings is 1. The molecule has 1 N–H and O–H groups in total. The molecule has 17 heavy (non-hydrogen) atoms. The normalized spacial score (nSPS) is 11.4. The fraction of sp³-hybridized carbons (Fsp3) is 0.636. The number of likely N-dealkylation sites (N-methyl/N-ethyl adjacent to an activating group) is 1. The summed E-state index contributed by atoms with van der Waals surface area (Å²) in [5.41, 5.74) is 0. The molecule has 5 nitrogen and oxygen atoms in total. The summed E-state index contributed by atoms with van der Waals surface area (Å²) < 4.78 is 0. The first-order chi connectivity index (χ1) is 7.97. The van der Waals surface area contributed by atoms with E-state index in [2.05, 4.69) is 4.98 Å². The molecular formula is C11H19N3O2S. The Morgan fingerprint density at radius 2 is 2.18 bits per heavy atom. The number of carboxylic acid groups (broad SMARTS) is 1. The van der Waals surface area contributed by atoms with E-state index >= 15 is 0 Å². The van der Waals surface area contributed by atoms with Gasteiger partial charge in [0.15, 0.2) is 0 Å². The lowest BCUT2D eigenvalue weighted by Crippen LogP contribution is -2.34. The quantitative estimate of drug-likeness (QED) is 0.786. The van der Waals surface area contributed by atoms with Gasteiger partial charge in [-0.15, -0.1) is 11.3 Å². The number of aromatic nitrogens is 1. The molecule has 1 rings (SSSR count). The predicted octanol–water partition coefficient (Wildman–Crippen LogP) is 0.900. The molecule has 96 valence electrons. The summed E-state index contributed by atoms with van der Waals surface area (Å²) in [5, 5.41) is 9.88. The van der Waals surface area contributed by atoms with Crippen molar-refractivity contribution >= 4 is 17.3 Å². The van der Waals surface area contributed by atoms with Crippen molar-refractivity contribution in [2.24, 2.45) is 0 Å². The van der Waals surface area contributed by atoms with Crippen LogP contribution < -0.4 is 0 Å². The van der Waals surface area contributed by atoms with Gasteiger partial charge in [0.05, 0.1) is 11.6 Å². The highest BCUT2D eigenvalue weighted by Crippen LogP contribution is 2.13. The van der Waals surface area contributed by atoms with Crippen LogP contribution in [0.3, 0.4) is 0 Å². The molecule has 0 saturated carbocycles. The second-order valence-corrected chi connectivity index (χ2v) is 5.57. The molecule has 0 aliphatic rings. The van der Waals surface area contributed by atoms with Gasteiger partial charge in [0.1, 0.15) is 0 Å². The highest BCUT2D eigenvalue weighted by molar-refractivity contribution is 7.11. The van der Waals surface area contributed by atoms with Crippen molar-refractivity contribution in [3.05, 3.63) is 16.1 Å². The van der Waals surface area contributed by atoms with Crippen molar-refractivity contribution < 1.29 is 9.90 Å². The third kappa shape index (κ3) is 5.76.